The Bertz CT molecular complexity index is 2020. The van der Waals surface area contributed by atoms with Crippen LogP contribution in [0, 0.1) is 0 Å². The number of amides is 1. The Labute approximate surface area is 282 Å². The van der Waals surface area contributed by atoms with Gasteiger partial charge in [-0.1, -0.05) is 80.4 Å². The predicted octanol–water partition coefficient (Wildman–Crippen LogP) is 7.63. The van der Waals surface area contributed by atoms with Crippen LogP contribution in [-0.2, 0) is 12.8 Å². The van der Waals surface area contributed by atoms with Gasteiger partial charge in [-0.25, -0.2) is 24.7 Å². The molecule has 10 heteroatoms. The normalized spacial score (nSPS) is 10.8. The fourth-order valence-corrected chi connectivity index (χ4v) is 5.36. The van der Waals surface area contributed by atoms with E-state index in [1.807, 2.05) is 54.6 Å². The van der Waals surface area contributed by atoms with Crippen LogP contribution >= 0.6 is 31.9 Å². The van der Waals surface area contributed by atoms with Crippen LogP contribution in [0.2, 0.25) is 0 Å². The van der Waals surface area contributed by atoms with Gasteiger partial charge in [0.1, 0.15) is 17.4 Å². The van der Waals surface area contributed by atoms with Crippen LogP contribution in [0.3, 0.4) is 0 Å². The van der Waals surface area contributed by atoms with Crippen molar-refractivity contribution in [1.82, 2.24) is 19.9 Å². The van der Waals surface area contributed by atoms with E-state index >= 15 is 0 Å². The summed E-state index contributed by atoms with van der Waals surface area (Å²) >= 11 is 6.89. The van der Waals surface area contributed by atoms with Crippen molar-refractivity contribution in [2.45, 2.75) is 12.8 Å². The van der Waals surface area contributed by atoms with Crippen molar-refractivity contribution in [3.05, 3.63) is 159 Å². The van der Waals surface area contributed by atoms with Crippen molar-refractivity contribution < 1.29 is 14.3 Å². The molecule has 4 aromatic carbocycles. The zero-order valence-corrected chi connectivity index (χ0v) is 27.4. The number of carbonyl (C=O) groups is 2. The van der Waals surface area contributed by atoms with Gasteiger partial charge in [0.2, 0.25) is 0 Å². The third kappa shape index (κ3) is 7.42. The summed E-state index contributed by atoms with van der Waals surface area (Å²) < 4.78 is 7.82. The SMILES string of the molecule is NC(=O)c1cccc(Cc2ncc(-c3ccc(Br)cc3)cn2)c1OC(=O)c1cccc(Cc2ncc(-c3ccc(Br)cc3)cn2)c1. The van der Waals surface area contributed by atoms with Crippen molar-refractivity contribution in [3.8, 4) is 28.0 Å². The van der Waals surface area contributed by atoms with Crippen LogP contribution < -0.4 is 10.5 Å². The average molecular weight is 735 g/mol. The molecule has 0 unspecified atom stereocenters. The average Bonchev–Trinajstić information content (AvgIpc) is 3.07. The van der Waals surface area contributed by atoms with Gasteiger partial charge in [-0.15, -0.1) is 0 Å². The number of nitrogens with two attached hydrogens (primary N) is 1. The summed E-state index contributed by atoms with van der Waals surface area (Å²) in [6, 6.07) is 27.8. The first-order chi connectivity index (χ1) is 22.3. The van der Waals surface area contributed by atoms with Gasteiger partial charge in [-0.05, 0) is 59.2 Å². The zero-order chi connectivity index (χ0) is 32.0. The minimum absolute atomic E-state index is 0.0813. The number of benzene rings is 4. The number of carbonyl (C=O) groups excluding carboxylic acids is 2. The minimum atomic E-state index is -0.714. The lowest BCUT2D eigenvalue weighted by atomic mass is 10.0. The lowest BCUT2D eigenvalue weighted by Gasteiger charge is -2.14. The molecule has 2 heterocycles. The molecule has 0 saturated carbocycles. The van der Waals surface area contributed by atoms with E-state index in [0.29, 0.717) is 29.2 Å². The summed E-state index contributed by atoms with van der Waals surface area (Å²) in [5, 5.41) is 0. The smallest absolute Gasteiger partial charge is 0.343 e. The van der Waals surface area contributed by atoms with Crippen LogP contribution in [0.1, 0.15) is 43.5 Å². The van der Waals surface area contributed by atoms with E-state index in [1.165, 1.54) is 6.07 Å². The summed E-state index contributed by atoms with van der Waals surface area (Å²) in [4.78, 5) is 43.8. The number of nitrogens with zero attached hydrogens (tertiary/aromatic N) is 4. The van der Waals surface area contributed by atoms with E-state index in [-0.39, 0.29) is 17.7 Å². The van der Waals surface area contributed by atoms with Crippen molar-refractivity contribution in [3.63, 3.8) is 0 Å². The van der Waals surface area contributed by atoms with Crippen LogP contribution in [0.25, 0.3) is 22.3 Å². The highest BCUT2D eigenvalue weighted by molar-refractivity contribution is 9.10. The topological polar surface area (TPSA) is 121 Å². The van der Waals surface area contributed by atoms with Gasteiger partial charge >= 0.3 is 5.97 Å². The molecule has 8 nitrogen and oxygen atoms in total. The van der Waals surface area contributed by atoms with Gasteiger partial charge in [0.25, 0.3) is 5.91 Å². The van der Waals surface area contributed by atoms with Crippen molar-refractivity contribution in [2.24, 2.45) is 5.73 Å². The molecule has 6 aromatic rings. The number of primary amides is 1. The Morgan fingerprint density at radius 3 is 1.70 bits per heavy atom. The summed E-state index contributed by atoms with van der Waals surface area (Å²) in [6.45, 7) is 0. The van der Waals surface area contributed by atoms with Crippen LogP contribution in [-0.4, -0.2) is 31.8 Å². The second-order valence-corrected chi connectivity index (χ2v) is 12.2. The van der Waals surface area contributed by atoms with Gasteiger partial charge in [0, 0.05) is 63.3 Å². The fraction of sp³-hybridized carbons (Fsp3) is 0.0556. The first-order valence-corrected chi connectivity index (χ1v) is 15.8. The van der Waals surface area contributed by atoms with E-state index in [9.17, 15) is 9.59 Å². The first-order valence-electron chi connectivity index (χ1n) is 14.2. The van der Waals surface area contributed by atoms with Gasteiger partial charge in [-0.3, -0.25) is 4.79 Å². The Hall–Kier alpha value is -5.06. The van der Waals surface area contributed by atoms with Crippen molar-refractivity contribution in [1.29, 1.82) is 0 Å². The largest absolute Gasteiger partial charge is 0.422 e. The van der Waals surface area contributed by atoms with E-state index in [0.717, 1.165) is 36.8 Å². The van der Waals surface area contributed by atoms with E-state index in [4.69, 9.17) is 10.5 Å². The highest BCUT2D eigenvalue weighted by Gasteiger charge is 2.20. The molecule has 0 saturated heterocycles. The maximum atomic E-state index is 13.4. The molecule has 6 rings (SSSR count). The second-order valence-electron chi connectivity index (χ2n) is 10.4. The molecule has 0 fully saturated rings. The quantitative estimate of drug-likeness (QED) is 0.120. The third-order valence-corrected chi connectivity index (χ3v) is 8.25. The van der Waals surface area contributed by atoms with E-state index < -0.39 is 11.9 Å². The lowest BCUT2D eigenvalue weighted by Crippen LogP contribution is -2.18. The Morgan fingerprint density at radius 2 is 1.15 bits per heavy atom. The Morgan fingerprint density at radius 1 is 0.630 bits per heavy atom. The fourth-order valence-electron chi connectivity index (χ4n) is 4.83. The number of para-hydroxylation sites is 1. The molecule has 1 amide bonds. The Balaban J connectivity index is 1.19. The molecular weight excluding hydrogens is 710 g/mol. The maximum Gasteiger partial charge on any atom is 0.343 e. The summed E-state index contributed by atoms with van der Waals surface area (Å²) in [5.74, 6) is -0.159. The van der Waals surface area contributed by atoms with Gasteiger partial charge < -0.3 is 10.5 Å². The number of hydrogen-bond donors (Lipinski definition) is 1. The molecule has 46 heavy (non-hydrogen) atoms. The minimum Gasteiger partial charge on any atom is -0.422 e. The van der Waals surface area contributed by atoms with Gasteiger partial charge in [0.15, 0.2) is 0 Å². The summed E-state index contributed by atoms with van der Waals surface area (Å²) in [5.41, 5.74) is 11.2. The molecule has 0 radical (unpaired) electrons. The van der Waals surface area contributed by atoms with Crippen LogP contribution in [0.15, 0.2) is 125 Å². The molecule has 0 aliphatic heterocycles. The van der Waals surface area contributed by atoms with E-state index in [1.54, 1.807) is 55.1 Å². The predicted molar refractivity (Wildman–Crippen MR) is 182 cm³/mol. The second kappa shape index (κ2) is 13.9. The number of aromatic nitrogens is 4. The van der Waals surface area contributed by atoms with Crippen molar-refractivity contribution >= 4 is 43.7 Å². The molecular formula is C36H25Br2N5O3. The molecule has 2 aromatic heterocycles. The van der Waals surface area contributed by atoms with Crippen LogP contribution in [0.5, 0.6) is 5.75 Å². The molecule has 0 atom stereocenters. The molecule has 0 bridgehead atoms. The number of ether oxygens (including phenoxy) is 1. The summed E-state index contributed by atoms with van der Waals surface area (Å²) in [6.07, 6.45) is 7.67. The molecule has 0 aliphatic rings. The molecule has 0 spiro atoms. The van der Waals surface area contributed by atoms with E-state index in [2.05, 4.69) is 51.8 Å². The number of halogens is 2. The molecule has 2 N–H and O–H groups in total. The van der Waals surface area contributed by atoms with Crippen molar-refractivity contribution in [2.75, 3.05) is 0 Å². The van der Waals surface area contributed by atoms with Crippen LogP contribution in [0.4, 0.5) is 0 Å². The number of esters is 1. The molecule has 0 aliphatic carbocycles. The highest BCUT2D eigenvalue weighted by Crippen LogP contribution is 2.28. The van der Waals surface area contributed by atoms with Gasteiger partial charge in [0.05, 0.1) is 11.1 Å². The third-order valence-electron chi connectivity index (χ3n) is 7.20. The highest BCUT2D eigenvalue weighted by atomic mass is 79.9. The number of rotatable bonds is 9. The molecule has 226 valence electrons. The lowest BCUT2D eigenvalue weighted by molar-refractivity contribution is 0.0731. The Kier molecular flexibility index (Phi) is 9.37. The first kappa shape index (κ1) is 30.9. The monoisotopic (exact) mass is 733 g/mol. The maximum absolute atomic E-state index is 13.4. The standard InChI is InChI=1S/C36H25Br2N5O3/c37-29-11-7-23(8-12-29)27-18-40-32(41-19-27)16-22-3-1-5-26(15-22)36(45)46-34-25(4-2-6-31(34)35(39)44)17-33-42-20-28(21-43-33)24-9-13-30(38)14-10-24/h1-15,18-21H,16-17H2,(H2,39,44). The summed E-state index contributed by atoms with van der Waals surface area (Å²) in [7, 11) is 0. The zero-order valence-electron chi connectivity index (χ0n) is 24.2. The number of hydrogen-bond acceptors (Lipinski definition) is 7. The van der Waals surface area contributed by atoms with Gasteiger partial charge in [-0.2, -0.15) is 0 Å².